The first kappa shape index (κ1) is 8.26. The van der Waals surface area contributed by atoms with Gasteiger partial charge in [-0.25, -0.2) is 0 Å². The van der Waals surface area contributed by atoms with E-state index in [1.54, 1.807) is 0 Å². The molecule has 1 saturated heterocycles. The van der Waals surface area contributed by atoms with Gasteiger partial charge in [-0.2, -0.15) is 0 Å². The van der Waals surface area contributed by atoms with Gasteiger partial charge in [-0.1, -0.05) is 30.3 Å². The highest BCUT2D eigenvalue weighted by atomic mass is 16.3. The molecule has 1 unspecified atom stereocenters. The fourth-order valence-electron chi connectivity index (χ4n) is 1.56. The molecule has 1 aliphatic rings. The predicted molar refractivity (Wildman–Crippen MR) is 47.9 cm³/mol. The smallest absolute Gasteiger partial charge is 0.249 e. The van der Waals surface area contributed by atoms with E-state index in [1.165, 1.54) is 0 Å². The number of benzene rings is 1. The van der Waals surface area contributed by atoms with Gasteiger partial charge in [-0.3, -0.25) is 4.79 Å². The topological polar surface area (TPSA) is 49.3 Å². The largest absolute Gasteiger partial charge is 0.383 e. The summed E-state index contributed by atoms with van der Waals surface area (Å²) in [6, 6.07) is 9.64. The van der Waals surface area contributed by atoms with Crippen LogP contribution in [0, 0.1) is 0 Å². The molecule has 2 atom stereocenters. The van der Waals surface area contributed by atoms with E-state index in [9.17, 15) is 9.90 Å². The van der Waals surface area contributed by atoms with Crippen molar-refractivity contribution in [1.82, 2.24) is 5.32 Å². The van der Waals surface area contributed by atoms with Crippen molar-refractivity contribution in [3.8, 4) is 0 Å². The second kappa shape index (κ2) is 3.18. The van der Waals surface area contributed by atoms with E-state index in [1.807, 2.05) is 30.3 Å². The first-order valence-corrected chi connectivity index (χ1v) is 4.31. The molecule has 1 aromatic rings. The molecule has 2 N–H and O–H groups in total. The Hall–Kier alpha value is -1.35. The van der Waals surface area contributed by atoms with Crippen LogP contribution in [0.1, 0.15) is 18.0 Å². The zero-order chi connectivity index (χ0) is 9.26. The van der Waals surface area contributed by atoms with Crippen LogP contribution in [0.3, 0.4) is 0 Å². The van der Waals surface area contributed by atoms with Crippen molar-refractivity contribution in [2.24, 2.45) is 0 Å². The molecule has 1 heterocycles. The third-order valence-corrected chi connectivity index (χ3v) is 2.28. The van der Waals surface area contributed by atoms with Crippen LogP contribution in [0.2, 0.25) is 0 Å². The Morgan fingerprint density at radius 3 is 2.54 bits per heavy atom. The fourth-order valence-corrected chi connectivity index (χ4v) is 1.56. The fraction of sp³-hybridized carbons (Fsp3) is 0.300. The van der Waals surface area contributed by atoms with Gasteiger partial charge in [-0.05, 0) is 5.56 Å². The van der Waals surface area contributed by atoms with E-state index >= 15 is 0 Å². The highest BCUT2D eigenvalue weighted by molar-refractivity contribution is 5.83. The molecule has 3 nitrogen and oxygen atoms in total. The van der Waals surface area contributed by atoms with Crippen molar-refractivity contribution < 1.29 is 9.90 Å². The van der Waals surface area contributed by atoms with Crippen molar-refractivity contribution in [1.29, 1.82) is 0 Å². The van der Waals surface area contributed by atoms with Gasteiger partial charge in [0.15, 0.2) is 0 Å². The van der Waals surface area contributed by atoms with E-state index in [2.05, 4.69) is 5.32 Å². The molecule has 0 saturated carbocycles. The summed E-state index contributed by atoms with van der Waals surface area (Å²) >= 11 is 0. The molecule has 1 aromatic carbocycles. The average molecular weight is 177 g/mol. The predicted octanol–water partition coefficient (Wildman–Crippen LogP) is 0.608. The monoisotopic (exact) mass is 177 g/mol. The number of rotatable bonds is 1. The first-order valence-electron chi connectivity index (χ1n) is 4.31. The van der Waals surface area contributed by atoms with Gasteiger partial charge >= 0.3 is 0 Å². The van der Waals surface area contributed by atoms with Crippen molar-refractivity contribution in [3.63, 3.8) is 0 Å². The minimum Gasteiger partial charge on any atom is -0.383 e. The maximum Gasteiger partial charge on any atom is 0.249 e. The Morgan fingerprint density at radius 1 is 1.31 bits per heavy atom. The van der Waals surface area contributed by atoms with Gasteiger partial charge in [0, 0.05) is 6.42 Å². The van der Waals surface area contributed by atoms with E-state index in [-0.39, 0.29) is 11.9 Å². The third-order valence-electron chi connectivity index (χ3n) is 2.28. The normalized spacial score (nSPS) is 27.3. The van der Waals surface area contributed by atoms with Gasteiger partial charge in [0.1, 0.15) is 6.10 Å². The van der Waals surface area contributed by atoms with Gasteiger partial charge in [0.2, 0.25) is 5.91 Å². The van der Waals surface area contributed by atoms with Gasteiger partial charge in [-0.15, -0.1) is 0 Å². The lowest BCUT2D eigenvalue weighted by Crippen LogP contribution is -2.23. The molecule has 13 heavy (non-hydrogen) atoms. The average Bonchev–Trinajstić information content (AvgIpc) is 2.49. The lowest BCUT2D eigenvalue weighted by atomic mass is 10.1. The minimum atomic E-state index is -0.842. The molecule has 68 valence electrons. The Labute approximate surface area is 76.4 Å². The summed E-state index contributed by atoms with van der Waals surface area (Å²) in [6.45, 7) is 0. The van der Waals surface area contributed by atoms with Crippen LogP contribution < -0.4 is 5.32 Å². The van der Waals surface area contributed by atoms with Gasteiger partial charge in [0.05, 0.1) is 6.04 Å². The summed E-state index contributed by atoms with van der Waals surface area (Å²) in [7, 11) is 0. The van der Waals surface area contributed by atoms with Crippen LogP contribution in [0.25, 0.3) is 0 Å². The van der Waals surface area contributed by atoms with Gasteiger partial charge in [0.25, 0.3) is 0 Å². The van der Waals surface area contributed by atoms with Crippen molar-refractivity contribution >= 4 is 5.91 Å². The minimum absolute atomic E-state index is 0.0244. The maximum absolute atomic E-state index is 11.0. The Balaban J connectivity index is 2.17. The van der Waals surface area contributed by atoms with Crippen molar-refractivity contribution in [2.45, 2.75) is 18.6 Å². The standard InChI is InChI=1S/C10H11NO2/c12-9-6-8(11-10(9)13)7-4-2-1-3-5-7/h1-5,8-9,12H,6H2,(H,11,13)/t8?,9-/m0/s1. The Morgan fingerprint density at radius 2 is 2.00 bits per heavy atom. The maximum atomic E-state index is 11.0. The van der Waals surface area contributed by atoms with E-state index in [0.29, 0.717) is 6.42 Å². The van der Waals surface area contributed by atoms with E-state index in [4.69, 9.17) is 0 Å². The number of aliphatic hydroxyl groups excluding tert-OH is 1. The lowest BCUT2D eigenvalue weighted by Gasteiger charge is -2.08. The summed E-state index contributed by atoms with van der Waals surface area (Å²) in [5.41, 5.74) is 1.05. The zero-order valence-corrected chi connectivity index (χ0v) is 7.10. The first-order chi connectivity index (χ1) is 6.27. The number of carbonyl (C=O) groups excluding carboxylic acids is 1. The quantitative estimate of drug-likeness (QED) is 0.660. The van der Waals surface area contributed by atoms with Crippen LogP contribution in [-0.2, 0) is 4.79 Å². The van der Waals surface area contributed by atoms with Gasteiger partial charge < -0.3 is 10.4 Å². The van der Waals surface area contributed by atoms with E-state index in [0.717, 1.165) is 5.56 Å². The molecule has 0 spiro atoms. The highest BCUT2D eigenvalue weighted by Gasteiger charge is 2.30. The number of aliphatic hydroxyl groups is 1. The van der Waals surface area contributed by atoms with Crippen molar-refractivity contribution in [2.75, 3.05) is 0 Å². The lowest BCUT2D eigenvalue weighted by molar-refractivity contribution is -0.126. The van der Waals surface area contributed by atoms with Crippen LogP contribution in [-0.4, -0.2) is 17.1 Å². The number of carbonyl (C=O) groups is 1. The van der Waals surface area contributed by atoms with Crippen LogP contribution in [0.4, 0.5) is 0 Å². The zero-order valence-electron chi connectivity index (χ0n) is 7.10. The summed E-state index contributed by atoms with van der Waals surface area (Å²) < 4.78 is 0. The second-order valence-corrected chi connectivity index (χ2v) is 3.22. The summed E-state index contributed by atoms with van der Waals surface area (Å²) in [5.74, 6) is -0.270. The van der Waals surface area contributed by atoms with Crippen LogP contribution >= 0.6 is 0 Å². The number of nitrogens with one attached hydrogen (secondary N) is 1. The highest BCUT2D eigenvalue weighted by Crippen LogP contribution is 2.23. The molecular formula is C10H11NO2. The molecule has 0 aromatic heterocycles. The molecule has 1 fully saturated rings. The Bertz CT molecular complexity index is 310. The SMILES string of the molecule is O=C1NC(c2ccccc2)C[C@@H]1O. The molecule has 1 aliphatic heterocycles. The molecule has 0 aliphatic carbocycles. The molecule has 3 heteroatoms. The molecule has 2 rings (SSSR count). The van der Waals surface area contributed by atoms with Crippen LogP contribution in [0.15, 0.2) is 30.3 Å². The summed E-state index contributed by atoms with van der Waals surface area (Å²) in [4.78, 5) is 11.0. The summed E-state index contributed by atoms with van der Waals surface area (Å²) in [5, 5.41) is 11.9. The van der Waals surface area contributed by atoms with Crippen LogP contribution in [0.5, 0.6) is 0 Å². The molecule has 0 radical (unpaired) electrons. The molecule has 0 bridgehead atoms. The van der Waals surface area contributed by atoms with Crippen molar-refractivity contribution in [3.05, 3.63) is 35.9 Å². The second-order valence-electron chi connectivity index (χ2n) is 3.22. The molecule has 1 amide bonds. The number of amides is 1. The Kier molecular flexibility index (Phi) is 2.02. The third kappa shape index (κ3) is 1.55. The summed E-state index contributed by atoms with van der Waals surface area (Å²) in [6.07, 6.45) is -0.367. The van der Waals surface area contributed by atoms with E-state index < -0.39 is 6.10 Å². The number of hydrogen-bond acceptors (Lipinski definition) is 2. The number of hydrogen-bond donors (Lipinski definition) is 2. The molecular weight excluding hydrogens is 166 g/mol.